The molecule has 1 fully saturated rings. The lowest BCUT2D eigenvalue weighted by molar-refractivity contribution is -0.127. The minimum atomic E-state index is -0.349. The highest BCUT2D eigenvalue weighted by Gasteiger charge is 2.27. The van der Waals surface area contributed by atoms with Crippen molar-refractivity contribution in [3.63, 3.8) is 0 Å². The molecule has 1 aromatic carbocycles. The number of carbonyl (C=O) groups is 2. The number of nitrogens with one attached hydrogen (secondary N) is 3. The molecule has 1 aliphatic rings. The van der Waals surface area contributed by atoms with Gasteiger partial charge in [-0.05, 0) is 51.6 Å². The summed E-state index contributed by atoms with van der Waals surface area (Å²) in [7, 11) is 3.90. The standard InChI is InChI=1S/C29H38FN7O2/c1-4-16-31-28-22(20-33-29(35-28)34-24-12-7-11-23(30)19-24)10-5-6-14-26(38)32-21-25-13-8-18-37(25)27(39)15-9-17-36(2)3/h7,9,11-12,15,19-20,25H,4,6,8,13-14,16-18,21H2,1-3H3,(H,32,38)(H2,31,33,34,35)/b15-9+/t25-/m0/s1. The smallest absolute Gasteiger partial charge is 0.246 e. The average Bonchev–Trinajstić information content (AvgIpc) is 3.38. The summed E-state index contributed by atoms with van der Waals surface area (Å²) >= 11 is 0. The van der Waals surface area contributed by atoms with Crippen molar-refractivity contribution in [3.8, 4) is 11.8 Å². The molecule has 10 heteroatoms. The highest BCUT2D eigenvalue weighted by molar-refractivity contribution is 5.88. The Bertz CT molecular complexity index is 1210. The molecule has 208 valence electrons. The monoisotopic (exact) mass is 535 g/mol. The van der Waals surface area contributed by atoms with Crippen LogP contribution in [-0.2, 0) is 9.59 Å². The number of halogens is 1. The third kappa shape index (κ3) is 10.0. The fourth-order valence-corrected chi connectivity index (χ4v) is 4.06. The number of hydrogen-bond donors (Lipinski definition) is 3. The lowest BCUT2D eigenvalue weighted by Crippen LogP contribution is -2.42. The summed E-state index contributed by atoms with van der Waals surface area (Å²) in [5.74, 6) is 6.54. The number of benzene rings is 1. The van der Waals surface area contributed by atoms with Gasteiger partial charge < -0.3 is 25.8 Å². The lowest BCUT2D eigenvalue weighted by Gasteiger charge is -2.23. The van der Waals surface area contributed by atoms with Crippen LogP contribution in [0.4, 0.5) is 21.8 Å². The first-order valence-corrected chi connectivity index (χ1v) is 13.4. The van der Waals surface area contributed by atoms with Gasteiger partial charge in [0.05, 0.1) is 11.8 Å². The van der Waals surface area contributed by atoms with Gasteiger partial charge >= 0.3 is 0 Å². The molecule has 1 atom stereocenters. The van der Waals surface area contributed by atoms with Gasteiger partial charge in [-0.2, -0.15) is 4.98 Å². The van der Waals surface area contributed by atoms with Crippen molar-refractivity contribution in [2.24, 2.45) is 0 Å². The second-order valence-corrected chi connectivity index (χ2v) is 9.62. The first-order chi connectivity index (χ1) is 18.9. The maximum atomic E-state index is 13.5. The predicted molar refractivity (Wildman–Crippen MR) is 152 cm³/mol. The van der Waals surface area contributed by atoms with Gasteiger partial charge in [-0.1, -0.05) is 30.9 Å². The molecule has 0 saturated carbocycles. The van der Waals surface area contributed by atoms with Gasteiger partial charge in [0.1, 0.15) is 11.6 Å². The predicted octanol–water partition coefficient (Wildman–Crippen LogP) is 3.54. The normalized spacial score (nSPS) is 14.8. The zero-order valence-electron chi connectivity index (χ0n) is 23.0. The molecule has 0 bridgehead atoms. The zero-order chi connectivity index (χ0) is 28.0. The van der Waals surface area contributed by atoms with E-state index in [0.717, 1.165) is 19.3 Å². The number of carbonyl (C=O) groups excluding carboxylic acids is 2. The van der Waals surface area contributed by atoms with Crippen molar-refractivity contribution in [1.29, 1.82) is 0 Å². The summed E-state index contributed by atoms with van der Waals surface area (Å²) in [4.78, 5) is 37.5. The van der Waals surface area contributed by atoms with Crippen LogP contribution >= 0.6 is 0 Å². The van der Waals surface area contributed by atoms with Crippen LogP contribution in [0, 0.1) is 17.7 Å². The van der Waals surface area contributed by atoms with E-state index >= 15 is 0 Å². The highest BCUT2D eigenvalue weighted by Crippen LogP contribution is 2.19. The summed E-state index contributed by atoms with van der Waals surface area (Å²) in [5, 5.41) is 9.20. The van der Waals surface area contributed by atoms with Crippen LogP contribution in [0.3, 0.4) is 0 Å². The number of likely N-dealkylation sites (tertiary alicyclic amines) is 1. The molecule has 1 aliphatic heterocycles. The highest BCUT2D eigenvalue weighted by atomic mass is 19.1. The minimum absolute atomic E-state index is 0.00804. The molecule has 2 heterocycles. The van der Waals surface area contributed by atoms with Gasteiger partial charge in [-0.3, -0.25) is 9.59 Å². The van der Waals surface area contributed by atoms with Crippen LogP contribution in [0.1, 0.15) is 44.6 Å². The molecule has 0 aliphatic carbocycles. The zero-order valence-corrected chi connectivity index (χ0v) is 23.0. The van der Waals surface area contributed by atoms with Crippen molar-refractivity contribution in [2.45, 2.75) is 45.1 Å². The maximum Gasteiger partial charge on any atom is 0.246 e. The first kappa shape index (κ1) is 29.6. The molecule has 3 rings (SSSR count). The van der Waals surface area contributed by atoms with E-state index in [2.05, 4.69) is 37.8 Å². The van der Waals surface area contributed by atoms with Gasteiger partial charge in [-0.15, -0.1) is 0 Å². The molecule has 0 spiro atoms. The topological polar surface area (TPSA) is 102 Å². The number of aromatic nitrogens is 2. The van der Waals surface area contributed by atoms with Crippen molar-refractivity contribution >= 4 is 29.3 Å². The SMILES string of the molecule is CCCNc1nc(Nc2cccc(F)c2)ncc1C#CCCC(=O)NC[C@@H]1CCCN1C(=O)/C=C/CN(C)C. The molecule has 39 heavy (non-hydrogen) atoms. The Morgan fingerprint density at radius 3 is 2.92 bits per heavy atom. The Labute approximate surface area is 230 Å². The van der Waals surface area contributed by atoms with Crippen LogP contribution in [0.5, 0.6) is 0 Å². The number of nitrogens with zero attached hydrogens (tertiary/aromatic N) is 4. The third-order valence-corrected chi connectivity index (χ3v) is 6.04. The number of anilines is 3. The summed E-state index contributed by atoms with van der Waals surface area (Å²) < 4.78 is 13.5. The van der Waals surface area contributed by atoms with Crippen LogP contribution in [-0.4, -0.2) is 77.9 Å². The van der Waals surface area contributed by atoms with E-state index in [4.69, 9.17) is 0 Å². The van der Waals surface area contributed by atoms with E-state index < -0.39 is 0 Å². The van der Waals surface area contributed by atoms with E-state index in [1.807, 2.05) is 36.9 Å². The largest absolute Gasteiger partial charge is 0.369 e. The number of amides is 2. The number of likely N-dealkylation sites (N-methyl/N-ethyl adjacent to an activating group) is 1. The molecule has 3 N–H and O–H groups in total. The van der Waals surface area contributed by atoms with Crippen molar-refractivity contribution in [2.75, 3.05) is 50.9 Å². The Morgan fingerprint density at radius 1 is 1.31 bits per heavy atom. The van der Waals surface area contributed by atoms with Gasteiger partial charge in [-0.25, -0.2) is 9.37 Å². The molecular weight excluding hydrogens is 497 g/mol. The number of hydrogen-bond acceptors (Lipinski definition) is 7. The summed E-state index contributed by atoms with van der Waals surface area (Å²) in [6.07, 6.45) is 8.44. The number of rotatable bonds is 12. The van der Waals surface area contributed by atoms with E-state index in [1.165, 1.54) is 12.1 Å². The molecule has 1 aromatic heterocycles. The van der Waals surface area contributed by atoms with E-state index in [-0.39, 0.29) is 30.1 Å². The Kier molecular flexibility index (Phi) is 11.7. The van der Waals surface area contributed by atoms with Crippen LogP contribution in [0.15, 0.2) is 42.6 Å². The van der Waals surface area contributed by atoms with E-state index in [1.54, 1.807) is 24.4 Å². The molecule has 0 radical (unpaired) electrons. The second kappa shape index (κ2) is 15.4. The molecule has 0 unspecified atom stereocenters. The Morgan fingerprint density at radius 2 is 2.15 bits per heavy atom. The van der Waals surface area contributed by atoms with Crippen LogP contribution in [0.2, 0.25) is 0 Å². The first-order valence-electron chi connectivity index (χ1n) is 13.4. The van der Waals surface area contributed by atoms with Gasteiger partial charge in [0, 0.05) is 56.8 Å². The van der Waals surface area contributed by atoms with Gasteiger partial charge in [0.2, 0.25) is 17.8 Å². The molecule has 1 saturated heterocycles. The third-order valence-electron chi connectivity index (χ3n) is 6.04. The Hall–Kier alpha value is -3.97. The fourth-order valence-electron chi connectivity index (χ4n) is 4.06. The van der Waals surface area contributed by atoms with E-state index in [0.29, 0.717) is 55.6 Å². The molecule has 2 amide bonds. The summed E-state index contributed by atoms with van der Waals surface area (Å²) in [6, 6.07) is 6.09. The van der Waals surface area contributed by atoms with Crippen molar-refractivity contribution in [3.05, 3.63) is 54.0 Å². The molecule has 2 aromatic rings. The minimum Gasteiger partial charge on any atom is -0.369 e. The quantitative estimate of drug-likeness (QED) is 0.282. The van der Waals surface area contributed by atoms with Gasteiger partial charge in [0.25, 0.3) is 0 Å². The van der Waals surface area contributed by atoms with Crippen LogP contribution < -0.4 is 16.0 Å². The molecule has 9 nitrogen and oxygen atoms in total. The summed E-state index contributed by atoms with van der Waals surface area (Å²) in [5.41, 5.74) is 1.17. The van der Waals surface area contributed by atoms with Crippen molar-refractivity contribution < 1.29 is 14.0 Å². The maximum absolute atomic E-state index is 13.5. The fraction of sp³-hybridized carbons (Fsp3) is 0.448. The van der Waals surface area contributed by atoms with Crippen LogP contribution in [0.25, 0.3) is 0 Å². The lowest BCUT2D eigenvalue weighted by atomic mass is 10.2. The average molecular weight is 536 g/mol. The summed E-state index contributed by atoms with van der Waals surface area (Å²) in [6.45, 7) is 4.62. The molecular formula is C29H38FN7O2. The van der Waals surface area contributed by atoms with E-state index in [9.17, 15) is 14.0 Å². The Balaban J connectivity index is 1.50. The van der Waals surface area contributed by atoms with Gasteiger partial charge in [0.15, 0.2) is 0 Å². The second-order valence-electron chi connectivity index (χ2n) is 9.62. The van der Waals surface area contributed by atoms with Crippen molar-refractivity contribution in [1.82, 2.24) is 25.1 Å².